The Balaban J connectivity index is 2.69. The zero-order valence-electron chi connectivity index (χ0n) is 9.47. The summed E-state index contributed by atoms with van der Waals surface area (Å²) in [5.41, 5.74) is 0.913. The highest BCUT2D eigenvalue weighted by molar-refractivity contribution is 7.86. The van der Waals surface area contributed by atoms with Crippen molar-refractivity contribution in [3.63, 3.8) is 0 Å². The summed E-state index contributed by atoms with van der Waals surface area (Å²) in [6, 6.07) is 7.07. The van der Waals surface area contributed by atoms with Crippen LogP contribution in [0.4, 0.5) is 0 Å². The molecule has 0 spiro atoms. The molecule has 4 nitrogen and oxygen atoms in total. The van der Waals surface area contributed by atoms with Gasteiger partial charge < -0.3 is 5.11 Å². The van der Waals surface area contributed by atoms with Crippen LogP contribution in [-0.4, -0.2) is 32.5 Å². The van der Waals surface area contributed by atoms with E-state index in [1.54, 1.807) is 24.3 Å². The van der Waals surface area contributed by atoms with Gasteiger partial charge >= 0.3 is 0 Å². The van der Waals surface area contributed by atoms with Gasteiger partial charge in [0.1, 0.15) is 0 Å². The summed E-state index contributed by atoms with van der Waals surface area (Å²) in [4.78, 5) is 0. The number of aliphatic hydroxyl groups excluding tert-OH is 1. The van der Waals surface area contributed by atoms with Gasteiger partial charge in [0.15, 0.2) is 0 Å². The summed E-state index contributed by atoms with van der Waals surface area (Å²) in [6.07, 6.45) is 1.15. The zero-order valence-corrected chi connectivity index (χ0v) is 11.0. The number of hydrogen-bond acceptors (Lipinski definition) is 4. The van der Waals surface area contributed by atoms with Crippen molar-refractivity contribution in [2.24, 2.45) is 0 Å². The maximum absolute atomic E-state index is 11.0. The summed E-state index contributed by atoms with van der Waals surface area (Å²) < 4.78 is 27.0. The van der Waals surface area contributed by atoms with E-state index < -0.39 is 16.2 Å². The molecule has 1 aromatic carbocycles. The second kappa shape index (κ2) is 6.35. The van der Waals surface area contributed by atoms with E-state index in [4.69, 9.17) is 20.9 Å². The van der Waals surface area contributed by atoms with Crippen molar-refractivity contribution in [2.45, 2.75) is 18.9 Å². The molecule has 1 N–H and O–H groups in total. The van der Waals surface area contributed by atoms with Gasteiger partial charge in [-0.2, -0.15) is 8.42 Å². The molecule has 0 heterocycles. The van der Waals surface area contributed by atoms with Gasteiger partial charge in [-0.25, -0.2) is 0 Å². The van der Waals surface area contributed by atoms with Gasteiger partial charge in [0.25, 0.3) is 10.1 Å². The van der Waals surface area contributed by atoms with Crippen LogP contribution in [0.2, 0.25) is 5.02 Å². The standard InChI is InChI=1S/C11H15ClO4S/c1-17(14,15)16-11(6-7-13)8-9-2-4-10(12)5-3-9/h2-5,11,13H,6-8H2,1H3. The lowest BCUT2D eigenvalue weighted by Gasteiger charge is -2.15. The Bertz CT molecular complexity index is 441. The first-order chi connectivity index (χ1) is 7.90. The number of aliphatic hydroxyl groups is 1. The smallest absolute Gasteiger partial charge is 0.264 e. The van der Waals surface area contributed by atoms with Crippen molar-refractivity contribution in [3.8, 4) is 0 Å². The average molecular weight is 279 g/mol. The Hall–Kier alpha value is -0.620. The summed E-state index contributed by atoms with van der Waals surface area (Å²) in [7, 11) is -3.51. The summed E-state index contributed by atoms with van der Waals surface area (Å²) in [5, 5.41) is 9.48. The van der Waals surface area contributed by atoms with Gasteiger partial charge in [-0.1, -0.05) is 23.7 Å². The molecule has 0 saturated carbocycles. The van der Waals surface area contributed by atoms with E-state index in [1.807, 2.05) is 0 Å². The largest absolute Gasteiger partial charge is 0.396 e. The third-order valence-electron chi connectivity index (χ3n) is 2.14. The predicted molar refractivity (Wildman–Crippen MR) is 66.6 cm³/mol. The van der Waals surface area contributed by atoms with Crippen LogP contribution < -0.4 is 0 Å². The highest BCUT2D eigenvalue weighted by Gasteiger charge is 2.15. The summed E-state index contributed by atoms with van der Waals surface area (Å²) >= 11 is 5.75. The van der Waals surface area contributed by atoms with Crippen LogP contribution >= 0.6 is 11.6 Å². The molecule has 1 aromatic rings. The predicted octanol–water partition coefficient (Wildman–Crippen LogP) is 1.61. The second-order valence-electron chi connectivity index (χ2n) is 3.77. The van der Waals surface area contributed by atoms with Crippen molar-refractivity contribution in [1.82, 2.24) is 0 Å². The molecular weight excluding hydrogens is 264 g/mol. The molecule has 96 valence electrons. The van der Waals surface area contributed by atoms with Gasteiger partial charge in [0, 0.05) is 18.1 Å². The van der Waals surface area contributed by atoms with Gasteiger partial charge in [0.05, 0.1) is 12.4 Å². The first-order valence-corrected chi connectivity index (χ1v) is 7.34. The van der Waals surface area contributed by atoms with Crippen molar-refractivity contribution in [3.05, 3.63) is 34.9 Å². The molecule has 0 aliphatic carbocycles. The molecule has 1 rings (SSSR count). The third kappa shape index (κ3) is 6.02. The van der Waals surface area contributed by atoms with E-state index in [2.05, 4.69) is 0 Å². The van der Waals surface area contributed by atoms with Crippen LogP contribution in [0.1, 0.15) is 12.0 Å². The molecule has 0 fully saturated rings. The lowest BCUT2D eigenvalue weighted by atomic mass is 10.1. The van der Waals surface area contributed by atoms with E-state index in [-0.39, 0.29) is 13.0 Å². The van der Waals surface area contributed by atoms with Gasteiger partial charge in [-0.05, 0) is 24.1 Å². The highest BCUT2D eigenvalue weighted by atomic mass is 35.5. The Morgan fingerprint density at radius 2 is 1.94 bits per heavy atom. The number of hydrogen-bond donors (Lipinski definition) is 1. The molecule has 0 bridgehead atoms. The van der Waals surface area contributed by atoms with Crippen molar-refractivity contribution in [2.75, 3.05) is 12.9 Å². The topological polar surface area (TPSA) is 63.6 Å². The second-order valence-corrected chi connectivity index (χ2v) is 5.80. The maximum Gasteiger partial charge on any atom is 0.264 e. The molecule has 0 aliphatic rings. The molecule has 0 saturated heterocycles. The molecule has 0 radical (unpaired) electrons. The van der Waals surface area contributed by atoms with Gasteiger partial charge in [0.2, 0.25) is 0 Å². The van der Waals surface area contributed by atoms with Gasteiger partial charge in [-0.3, -0.25) is 4.18 Å². The normalized spacial score (nSPS) is 13.6. The van der Waals surface area contributed by atoms with Crippen molar-refractivity contribution in [1.29, 1.82) is 0 Å². The molecule has 1 atom stereocenters. The van der Waals surface area contributed by atoms with Crippen LogP contribution in [0.15, 0.2) is 24.3 Å². The van der Waals surface area contributed by atoms with Crippen LogP contribution in [0, 0.1) is 0 Å². The number of benzene rings is 1. The first kappa shape index (κ1) is 14.4. The van der Waals surface area contributed by atoms with Crippen LogP contribution in [0.25, 0.3) is 0 Å². The fourth-order valence-electron chi connectivity index (χ4n) is 1.46. The van der Waals surface area contributed by atoms with E-state index in [9.17, 15) is 8.42 Å². The Labute approximate surface area is 106 Å². The third-order valence-corrected chi connectivity index (χ3v) is 3.01. The highest BCUT2D eigenvalue weighted by Crippen LogP contribution is 2.14. The van der Waals surface area contributed by atoms with Crippen molar-refractivity contribution >= 4 is 21.7 Å². The van der Waals surface area contributed by atoms with E-state index in [0.717, 1.165) is 11.8 Å². The van der Waals surface area contributed by atoms with E-state index >= 15 is 0 Å². The van der Waals surface area contributed by atoms with E-state index in [1.165, 1.54) is 0 Å². The summed E-state index contributed by atoms with van der Waals surface area (Å²) in [5.74, 6) is 0. The van der Waals surface area contributed by atoms with Crippen LogP contribution in [0.3, 0.4) is 0 Å². The van der Waals surface area contributed by atoms with Gasteiger partial charge in [-0.15, -0.1) is 0 Å². The van der Waals surface area contributed by atoms with Crippen molar-refractivity contribution < 1.29 is 17.7 Å². The molecule has 1 unspecified atom stereocenters. The minimum absolute atomic E-state index is 0.117. The monoisotopic (exact) mass is 278 g/mol. The maximum atomic E-state index is 11.0. The van der Waals surface area contributed by atoms with E-state index in [0.29, 0.717) is 11.4 Å². The minimum atomic E-state index is -3.51. The average Bonchev–Trinajstić information content (AvgIpc) is 2.19. The molecular formula is C11H15ClO4S. The van der Waals surface area contributed by atoms with Crippen LogP contribution in [-0.2, 0) is 20.7 Å². The summed E-state index contributed by atoms with van der Waals surface area (Å²) in [6.45, 7) is -0.117. The molecule has 6 heteroatoms. The molecule has 0 amide bonds. The molecule has 17 heavy (non-hydrogen) atoms. The number of rotatable bonds is 6. The Morgan fingerprint density at radius 3 is 2.41 bits per heavy atom. The zero-order chi connectivity index (χ0) is 12.9. The lowest BCUT2D eigenvalue weighted by Crippen LogP contribution is -2.21. The SMILES string of the molecule is CS(=O)(=O)OC(CCO)Cc1ccc(Cl)cc1. The lowest BCUT2D eigenvalue weighted by molar-refractivity contribution is 0.161. The Kier molecular flexibility index (Phi) is 5.39. The quantitative estimate of drug-likeness (QED) is 0.803. The Morgan fingerprint density at radius 1 is 1.35 bits per heavy atom. The first-order valence-electron chi connectivity index (χ1n) is 5.14. The molecule has 0 aliphatic heterocycles. The number of halogens is 1. The molecule has 0 aromatic heterocycles. The van der Waals surface area contributed by atoms with Crippen LogP contribution in [0.5, 0.6) is 0 Å². The fourth-order valence-corrected chi connectivity index (χ4v) is 2.24. The fraction of sp³-hybridized carbons (Fsp3) is 0.455. The minimum Gasteiger partial charge on any atom is -0.396 e.